The van der Waals surface area contributed by atoms with E-state index in [1.807, 2.05) is 12.1 Å². The van der Waals surface area contributed by atoms with Crippen LogP contribution in [0.25, 0.3) is 0 Å². The van der Waals surface area contributed by atoms with E-state index in [1.54, 1.807) is 6.92 Å². The molecule has 0 spiro atoms. The summed E-state index contributed by atoms with van der Waals surface area (Å²) in [6.07, 6.45) is 3.73. The van der Waals surface area contributed by atoms with Crippen molar-refractivity contribution in [3.63, 3.8) is 0 Å². The Labute approximate surface area is 84.1 Å². The highest BCUT2D eigenvalue weighted by Crippen LogP contribution is 2.36. The number of aryl methyl sites for hydroxylation is 1. The van der Waals surface area contributed by atoms with E-state index in [9.17, 15) is 4.39 Å². The van der Waals surface area contributed by atoms with Crippen LogP contribution in [0.15, 0.2) is 18.2 Å². The van der Waals surface area contributed by atoms with Crippen LogP contribution in [-0.4, -0.2) is 0 Å². The van der Waals surface area contributed by atoms with Gasteiger partial charge >= 0.3 is 0 Å². The molecule has 0 radical (unpaired) electrons. The third-order valence-corrected chi connectivity index (χ3v) is 3.22. The van der Waals surface area contributed by atoms with Gasteiger partial charge in [-0.2, -0.15) is 0 Å². The zero-order valence-corrected chi connectivity index (χ0v) is 8.46. The van der Waals surface area contributed by atoms with E-state index in [0.29, 0.717) is 11.5 Å². The second-order valence-electron chi connectivity index (χ2n) is 4.23. The molecule has 1 aliphatic carbocycles. The largest absolute Gasteiger partial charge is 0.324 e. The number of nitrogens with two attached hydrogens (primary N) is 1. The van der Waals surface area contributed by atoms with Gasteiger partial charge in [-0.1, -0.05) is 18.6 Å². The normalized spacial score (nSPS) is 19.1. The van der Waals surface area contributed by atoms with Gasteiger partial charge in [-0.15, -0.1) is 0 Å². The van der Waals surface area contributed by atoms with Crippen molar-refractivity contribution in [2.75, 3.05) is 0 Å². The highest BCUT2D eigenvalue weighted by atomic mass is 19.1. The molecule has 1 aromatic carbocycles. The Kier molecular flexibility index (Phi) is 2.55. The van der Waals surface area contributed by atoms with Crippen LogP contribution in [0.1, 0.15) is 36.4 Å². The summed E-state index contributed by atoms with van der Waals surface area (Å²) in [7, 11) is 0. The van der Waals surface area contributed by atoms with Gasteiger partial charge in [0.1, 0.15) is 5.82 Å². The van der Waals surface area contributed by atoms with Crippen LogP contribution in [0.4, 0.5) is 4.39 Å². The lowest BCUT2D eigenvalue weighted by Crippen LogP contribution is -2.26. The summed E-state index contributed by atoms with van der Waals surface area (Å²) < 4.78 is 13.0. The Hall–Kier alpha value is -0.890. The predicted octanol–water partition coefficient (Wildman–Crippen LogP) is 2.93. The summed E-state index contributed by atoms with van der Waals surface area (Å²) in [5.41, 5.74) is 7.87. The van der Waals surface area contributed by atoms with Crippen molar-refractivity contribution in [2.24, 2.45) is 11.7 Å². The Morgan fingerprint density at radius 1 is 1.43 bits per heavy atom. The first kappa shape index (κ1) is 9.66. The molecule has 0 saturated heterocycles. The minimum absolute atomic E-state index is 0.100. The van der Waals surface area contributed by atoms with E-state index in [0.717, 1.165) is 5.56 Å². The van der Waals surface area contributed by atoms with Crippen LogP contribution < -0.4 is 5.73 Å². The van der Waals surface area contributed by atoms with E-state index in [-0.39, 0.29) is 11.9 Å². The van der Waals surface area contributed by atoms with Gasteiger partial charge in [-0.3, -0.25) is 0 Å². The Balaban J connectivity index is 2.18. The smallest absolute Gasteiger partial charge is 0.126 e. The lowest BCUT2D eigenvalue weighted by atomic mass is 9.77. The first-order valence-electron chi connectivity index (χ1n) is 5.20. The molecule has 0 heterocycles. The number of halogens is 1. The molecule has 2 N–H and O–H groups in total. The minimum atomic E-state index is -0.144. The Morgan fingerprint density at radius 3 is 2.64 bits per heavy atom. The van der Waals surface area contributed by atoms with Gasteiger partial charge in [0.25, 0.3) is 0 Å². The molecule has 0 aromatic heterocycles. The van der Waals surface area contributed by atoms with E-state index in [4.69, 9.17) is 5.73 Å². The fraction of sp³-hybridized carbons (Fsp3) is 0.500. The van der Waals surface area contributed by atoms with Gasteiger partial charge in [0.05, 0.1) is 0 Å². The molecule has 1 fully saturated rings. The van der Waals surface area contributed by atoms with Crippen LogP contribution in [0, 0.1) is 18.7 Å². The molecule has 1 saturated carbocycles. The Bertz CT molecular complexity index is 331. The van der Waals surface area contributed by atoms with Crippen molar-refractivity contribution < 1.29 is 4.39 Å². The van der Waals surface area contributed by atoms with Crippen LogP contribution in [0.5, 0.6) is 0 Å². The van der Waals surface area contributed by atoms with Gasteiger partial charge in [-0.05, 0) is 42.9 Å². The lowest BCUT2D eigenvalue weighted by Gasteiger charge is -2.31. The average molecular weight is 193 g/mol. The van der Waals surface area contributed by atoms with Gasteiger partial charge in [0, 0.05) is 6.04 Å². The van der Waals surface area contributed by atoms with Crippen molar-refractivity contribution >= 4 is 0 Å². The molecule has 1 aliphatic rings. The van der Waals surface area contributed by atoms with Crippen molar-refractivity contribution in [3.8, 4) is 0 Å². The topological polar surface area (TPSA) is 26.0 Å². The first-order valence-corrected chi connectivity index (χ1v) is 5.20. The van der Waals surface area contributed by atoms with E-state index in [2.05, 4.69) is 0 Å². The molecule has 76 valence electrons. The second-order valence-corrected chi connectivity index (χ2v) is 4.23. The van der Waals surface area contributed by atoms with Crippen molar-refractivity contribution in [2.45, 2.75) is 32.2 Å². The monoisotopic (exact) mass is 193 g/mol. The maximum absolute atomic E-state index is 13.0. The SMILES string of the molecule is Cc1cc(C(N)C2CCC2)ccc1F. The van der Waals surface area contributed by atoms with Gasteiger partial charge in [0.2, 0.25) is 0 Å². The minimum Gasteiger partial charge on any atom is -0.324 e. The molecule has 0 amide bonds. The first-order chi connectivity index (χ1) is 6.68. The summed E-state index contributed by atoms with van der Waals surface area (Å²) in [5.74, 6) is 0.467. The molecular formula is C12H16FN. The van der Waals surface area contributed by atoms with E-state index < -0.39 is 0 Å². The van der Waals surface area contributed by atoms with Gasteiger partial charge in [-0.25, -0.2) is 4.39 Å². The second kappa shape index (κ2) is 3.70. The molecule has 0 bridgehead atoms. The standard InChI is InChI=1S/C12H16FN/c1-8-7-10(5-6-11(8)13)12(14)9-3-2-4-9/h5-7,9,12H,2-4,14H2,1H3. The molecular weight excluding hydrogens is 177 g/mol. The predicted molar refractivity (Wildman–Crippen MR) is 55.4 cm³/mol. The quantitative estimate of drug-likeness (QED) is 0.767. The van der Waals surface area contributed by atoms with Crippen LogP contribution in [0.3, 0.4) is 0 Å². The molecule has 1 unspecified atom stereocenters. The Morgan fingerprint density at radius 2 is 2.14 bits per heavy atom. The summed E-state index contributed by atoms with van der Waals surface area (Å²) in [6.45, 7) is 1.78. The highest BCUT2D eigenvalue weighted by Gasteiger charge is 2.25. The maximum atomic E-state index is 13.0. The van der Waals surface area contributed by atoms with Crippen molar-refractivity contribution in [1.82, 2.24) is 0 Å². The van der Waals surface area contributed by atoms with Crippen LogP contribution >= 0.6 is 0 Å². The summed E-state index contributed by atoms with van der Waals surface area (Å²) in [6, 6.07) is 5.30. The molecule has 1 nitrogen and oxygen atoms in total. The highest BCUT2D eigenvalue weighted by molar-refractivity contribution is 5.27. The number of benzene rings is 1. The fourth-order valence-corrected chi connectivity index (χ4v) is 1.95. The zero-order valence-electron chi connectivity index (χ0n) is 8.46. The fourth-order valence-electron chi connectivity index (χ4n) is 1.95. The number of hydrogen-bond donors (Lipinski definition) is 1. The summed E-state index contributed by atoms with van der Waals surface area (Å²) in [5, 5.41) is 0. The van der Waals surface area contributed by atoms with Crippen molar-refractivity contribution in [1.29, 1.82) is 0 Å². The lowest BCUT2D eigenvalue weighted by molar-refractivity contribution is 0.264. The van der Waals surface area contributed by atoms with E-state index in [1.165, 1.54) is 25.3 Å². The molecule has 0 aliphatic heterocycles. The van der Waals surface area contributed by atoms with Crippen LogP contribution in [0.2, 0.25) is 0 Å². The average Bonchev–Trinajstić information content (AvgIpc) is 2.06. The summed E-state index contributed by atoms with van der Waals surface area (Å²) >= 11 is 0. The molecule has 2 rings (SSSR count). The molecule has 1 aromatic rings. The van der Waals surface area contributed by atoms with E-state index >= 15 is 0 Å². The molecule has 14 heavy (non-hydrogen) atoms. The third kappa shape index (κ3) is 1.67. The number of hydrogen-bond acceptors (Lipinski definition) is 1. The zero-order chi connectivity index (χ0) is 10.1. The van der Waals surface area contributed by atoms with Crippen LogP contribution in [-0.2, 0) is 0 Å². The number of rotatable bonds is 2. The molecule has 1 atom stereocenters. The third-order valence-electron chi connectivity index (χ3n) is 3.22. The summed E-state index contributed by atoms with van der Waals surface area (Å²) in [4.78, 5) is 0. The molecule has 2 heteroatoms. The van der Waals surface area contributed by atoms with Gasteiger partial charge in [0.15, 0.2) is 0 Å². The van der Waals surface area contributed by atoms with Crippen molar-refractivity contribution in [3.05, 3.63) is 35.1 Å². The maximum Gasteiger partial charge on any atom is 0.126 e. The van der Waals surface area contributed by atoms with Gasteiger partial charge < -0.3 is 5.73 Å².